The first kappa shape index (κ1) is 16.6. The van der Waals surface area contributed by atoms with Crippen LogP contribution in [0.5, 0.6) is 0 Å². The van der Waals surface area contributed by atoms with E-state index in [1.54, 1.807) is 35.3 Å². The van der Waals surface area contributed by atoms with Gasteiger partial charge in [0.05, 0.1) is 18.4 Å². The standard InChI is InChI=1S/C20H18FN3O/c1-15-2-4-17(5-3-15)13-24-14-19(12-22-24)23-20(25)11-8-16-6-9-18(21)10-7-16/h2-12,14H,13H2,1H3,(H,23,25)/b11-8+. The average molecular weight is 335 g/mol. The number of rotatable bonds is 5. The molecule has 25 heavy (non-hydrogen) atoms. The zero-order chi connectivity index (χ0) is 17.6. The van der Waals surface area contributed by atoms with Gasteiger partial charge in [-0.3, -0.25) is 9.48 Å². The Hall–Kier alpha value is -3.21. The fourth-order valence-corrected chi connectivity index (χ4v) is 2.32. The van der Waals surface area contributed by atoms with E-state index in [2.05, 4.69) is 34.7 Å². The molecule has 0 saturated heterocycles. The molecule has 0 bridgehead atoms. The number of amides is 1. The number of hydrogen-bond acceptors (Lipinski definition) is 2. The molecule has 0 saturated carbocycles. The van der Waals surface area contributed by atoms with Crippen LogP contribution < -0.4 is 5.32 Å². The van der Waals surface area contributed by atoms with E-state index < -0.39 is 0 Å². The number of carbonyl (C=O) groups is 1. The van der Waals surface area contributed by atoms with Gasteiger partial charge in [-0.05, 0) is 36.3 Å². The maximum absolute atomic E-state index is 12.8. The molecule has 1 aromatic heterocycles. The van der Waals surface area contributed by atoms with Crippen LogP contribution in [0.25, 0.3) is 6.08 Å². The summed E-state index contributed by atoms with van der Waals surface area (Å²) in [6.07, 6.45) is 6.43. The van der Waals surface area contributed by atoms with Crippen molar-refractivity contribution in [2.45, 2.75) is 13.5 Å². The topological polar surface area (TPSA) is 46.9 Å². The van der Waals surface area contributed by atoms with Crippen molar-refractivity contribution in [2.24, 2.45) is 0 Å². The Morgan fingerprint density at radius 1 is 1.16 bits per heavy atom. The molecule has 1 N–H and O–H groups in total. The van der Waals surface area contributed by atoms with Gasteiger partial charge in [-0.15, -0.1) is 0 Å². The van der Waals surface area contributed by atoms with Crippen molar-refractivity contribution < 1.29 is 9.18 Å². The highest BCUT2D eigenvalue weighted by atomic mass is 19.1. The van der Waals surface area contributed by atoms with Crippen molar-refractivity contribution in [3.63, 3.8) is 0 Å². The van der Waals surface area contributed by atoms with Gasteiger partial charge in [-0.2, -0.15) is 5.10 Å². The molecule has 3 rings (SSSR count). The number of aromatic nitrogens is 2. The molecule has 126 valence electrons. The minimum Gasteiger partial charge on any atom is -0.320 e. The summed E-state index contributed by atoms with van der Waals surface area (Å²) in [5.41, 5.74) is 3.74. The Labute approximate surface area is 145 Å². The van der Waals surface area contributed by atoms with E-state index in [1.165, 1.54) is 23.8 Å². The lowest BCUT2D eigenvalue weighted by molar-refractivity contribution is -0.111. The fourth-order valence-electron chi connectivity index (χ4n) is 2.32. The summed E-state index contributed by atoms with van der Waals surface area (Å²) in [7, 11) is 0. The van der Waals surface area contributed by atoms with E-state index in [0.717, 1.165) is 11.1 Å². The molecule has 0 aliphatic carbocycles. The summed E-state index contributed by atoms with van der Waals surface area (Å²) in [4.78, 5) is 11.9. The van der Waals surface area contributed by atoms with E-state index in [9.17, 15) is 9.18 Å². The lowest BCUT2D eigenvalue weighted by atomic mass is 10.1. The normalized spacial score (nSPS) is 11.0. The van der Waals surface area contributed by atoms with Gasteiger partial charge in [-0.1, -0.05) is 42.0 Å². The summed E-state index contributed by atoms with van der Waals surface area (Å²) in [6, 6.07) is 14.2. The molecule has 0 radical (unpaired) electrons. The van der Waals surface area contributed by atoms with E-state index in [4.69, 9.17) is 0 Å². The van der Waals surface area contributed by atoms with Crippen LogP contribution in [0.3, 0.4) is 0 Å². The van der Waals surface area contributed by atoms with Crippen molar-refractivity contribution in [1.82, 2.24) is 9.78 Å². The van der Waals surface area contributed by atoms with E-state index in [1.807, 2.05) is 6.92 Å². The highest BCUT2D eigenvalue weighted by Crippen LogP contribution is 2.10. The van der Waals surface area contributed by atoms with Crippen molar-refractivity contribution in [1.29, 1.82) is 0 Å². The summed E-state index contributed by atoms with van der Waals surface area (Å²) < 4.78 is 14.6. The third-order valence-electron chi connectivity index (χ3n) is 3.66. The average Bonchev–Trinajstić information content (AvgIpc) is 3.03. The zero-order valence-electron chi connectivity index (χ0n) is 13.8. The highest BCUT2D eigenvalue weighted by molar-refractivity contribution is 6.01. The summed E-state index contributed by atoms with van der Waals surface area (Å²) in [6.45, 7) is 2.69. The van der Waals surface area contributed by atoms with Gasteiger partial charge >= 0.3 is 0 Å². The summed E-state index contributed by atoms with van der Waals surface area (Å²) >= 11 is 0. The number of benzene rings is 2. The minimum absolute atomic E-state index is 0.265. The van der Waals surface area contributed by atoms with Crippen LogP contribution in [-0.4, -0.2) is 15.7 Å². The number of nitrogens with zero attached hydrogens (tertiary/aromatic N) is 2. The van der Waals surface area contributed by atoms with Crippen LogP contribution in [0.1, 0.15) is 16.7 Å². The number of aryl methyl sites for hydroxylation is 1. The number of carbonyl (C=O) groups excluding carboxylic acids is 1. The lowest BCUT2D eigenvalue weighted by Gasteiger charge is -2.02. The third-order valence-corrected chi connectivity index (χ3v) is 3.66. The zero-order valence-corrected chi connectivity index (χ0v) is 13.8. The van der Waals surface area contributed by atoms with Crippen molar-refractivity contribution in [3.05, 3.63) is 89.5 Å². The number of halogens is 1. The Morgan fingerprint density at radius 3 is 2.60 bits per heavy atom. The molecule has 0 aliphatic heterocycles. The monoisotopic (exact) mass is 335 g/mol. The predicted octanol–water partition coefficient (Wildman–Crippen LogP) is 4.03. The second-order valence-corrected chi connectivity index (χ2v) is 5.79. The molecular formula is C20H18FN3O. The van der Waals surface area contributed by atoms with Crippen molar-refractivity contribution in [3.8, 4) is 0 Å². The summed E-state index contributed by atoms with van der Waals surface area (Å²) in [5.74, 6) is -0.568. The molecular weight excluding hydrogens is 317 g/mol. The highest BCUT2D eigenvalue weighted by Gasteiger charge is 2.03. The molecule has 1 amide bonds. The summed E-state index contributed by atoms with van der Waals surface area (Å²) in [5, 5.41) is 7.01. The Balaban J connectivity index is 1.57. The maximum atomic E-state index is 12.8. The smallest absolute Gasteiger partial charge is 0.248 e. The second kappa shape index (κ2) is 7.57. The van der Waals surface area contributed by atoms with Crippen LogP contribution in [0.15, 0.2) is 67.0 Å². The SMILES string of the molecule is Cc1ccc(Cn2cc(NC(=O)/C=C/c3ccc(F)cc3)cn2)cc1. The molecule has 1 heterocycles. The fraction of sp³-hybridized carbons (Fsp3) is 0.100. The predicted molar refractivity (Wildman–Crippen MR) is 96.6 cm³/mol. The largest absolute Gasteiger partial charge is 0.320 e. The Morgan fingerprint density at radius 2 is 1.88 bits per heavy atom. The van der Waals surface area contributed by atoms with E-state index in [-0.39, 0.29) is 11.7 Å². The van der Waals surface area contributed by atoms with Gasteiger partial charge in [0.15, 0.2) is 0 Å². The van der Waals surface area contributed by atoms with Gasteiger partial charge in [-0.25, -0.2) is 4.39 Å². The Bertz CT molecular complexity index is 880. The van der Waals surface area contributed by atoms with Crippen LogP contribution in [0, 0.1) is 12.7 Å². The molecule has 0 aliphatic rings. The number of anilines is 1. The van der Waals surface area contributed by atoms with Gasteiger partial charge in [0.1, 0.15) is 5.82 Å². The van der Waals surface area contributed by atoms with Crippen LogP contribution in [0.4, 0.5) is 10.1 Å². The van der Waals surface area contributed by atoms with Gasteiger partial charge in [0.2, 0.25) is 5.91 Å². The van der Waals surface area contributed by atoms with Gasteiger partial charge < -0.3 is 5.32 Å². The maximum Gasteiger partial charge on any atom is 0.248 e. The van der Waals surface area contributed by atoms with Crippen LogP contribution in [-0.2, 0) is 11.3 Å². The van der Waals surface area contributed by atoms with E-state index >= 15 is 0 Å². The van der Waals surface area contributed by atoms with Gasteiger partial charge in [0, 0.05) is 12.3 Å². The molecule has 0 atom stereocenters. The van der Waals surface area contributed by atoms with Crippen molar-refractivity contribution in [2.75, 3.05) is 5.32 Å². The molecule has 0 spiro atoms. The Kier molecular flexibility index (Phi) is 5.04. The minimum atomic E-state index is -0.303. The molecule has 5 heteroatoms. The molecule has 0 fully saturated rings. The molecule has 2 aromatic carbocycles. The van der Waals surface area contributed by atoms with Gasteiger partial charge in [0.25, 0.3) is 0 Å². The molecule has 0 unspecified atom stereocenters. The number of nitrogens with one attached hydrogen (secondary N) is 1. The first-order valence-corrected chi connectivity index (χ1v) is 7.91. The second-order valence-electron chi connectivity index (χ2n) is 5.79. The van der Waals surface area contributed by atoms with Crippen LogP contribution >= 0.6 is 0 Å². The van der Waals surface area contributed by atoms with Crippen molar-refractivity contribution >= 4 is 17.7 Å². The first-order chi connectivity index (χ1) is 12.1. The third kappa shape index (κ3) is 4.88. The molecule has 3 aromatic rings. The molecule has 4 nitrogen and oxygen atoms in total. The number of hydrogen-bond donors (Lipinski definition) is 1. The van der Waals surface area contributed by atoms with Crippen LogP contribution in [0.2, 0.25) is 0 Å². The first-order valence-electron chi connectivity index (χ1n) is 7.91. The van der Waals surface area contributed by atoms with E-state index in [0.29, 0.717) is 12.2 Å². The lowest BCUT2D eigenvalue weighted by Crippen LogP contribution is -2.07. The quantitative estimate of drug-likeness (QED) is 0.716.